The summed E-state index contributed by atoms with van der Waals surface area (Å²) < 4.78 is 22.1. The molecule has 132 valence electrons. The molecular weight excluding hydrogens is 336 g/mol. The van der Waals surface area contributed by atoms with Gasteiger partial charge in [-0.1, -0.05) is 48.5 Å². The molecule has 0 N–H and O–H groups in total. The molecule has 1 aliphatic rings. The highest BCUT2D eigenvalue weighted by Crippen LogP contribution is 2.26. The number of hydrogen-bond acceptors (Lipinski definition) is 4. The van der Waals surface area contributed by atoms with Gasteiger partial charge in [-0.05, 0) is 27.7 Å². The third-order valence-corrected chi connectivity index (χ3v) is 6.78. The first-order valence-corrected chi connectivity index (χ1v) is 9.79. The highest BCUT2D eigenvalue weighted by atomic mass is 32.2. The van der Waals surface area contributed by atoms with E-state index in [-0.39, 0.29) is 22.1 Å². The molecule has 4 nitrogen and oxygen atoms in total. The maximum absolute atomic E-state index is 12.1. The fraction of sp³-hybridized carbons (Fsp3) is 0.300. The van der Waals surface area contributed by atoms with Gasteiger partial charge in [0.25, 0.3) is 0 Å². The molecule has 2 aromatic rings. The number of benzene rings is 2. The summed E-state index contributed by atoms with van der Waals surface area (Å²) in [5.41, 5.74) is 2.02. The summed E-state index contributed by atoms with van der Waals surface area (Å²) in [4.78, 5) is 24.2. The average molecular weight is 358 g/mol. The molecule has 0 saturated carbocycles. The normalized spacial score (nSPS) is 13.2. The summed E-state index contributed by atoms with van der Waals surface area (Å²) in [6.07, 6.45) is 0. The smallest absolute Gasteiger partial charge is 0.194 e. The van der Waals surface area contributed by atoms with Crippen molar-refractivity contribution in [3.8, 4) is 0 Å². The van der Waals surface area contributed by atoms with Gasteiger partial charge in [0.2, 0.25) is 0 Å². The van der Waals surface area contributed by atoms with E-state index < -0.39 is 9.84 Å². The average Bonchev–Trinajstić information content (AvgIpc) is 2.60. The summed E-state index contributed by atoms with van der Waals surface area (Å²) in [5.74, 6) is -0.128. The van der Waals surface area contributed by atoms with Crippen LogP contribution in [0.15, 0.2) is 48.5 Å². The Morgan fingerprint density at radius 1 is 0.600 bits per heavy atom. The molecule has 0 saturated heterocycles. The van der Waals surface area contributed by atoms with Crippen LogP contribution in [0.25, 0.3) is 0 Å². The standard InChI is InChI=1S/C14H8O2.C6H14O2S/c15-13-9-5-1-2-6-10(9)14(16)12-8-4-3-7-11(12)13;1-5(2)9(7,8)6(3)4/h1-8H;5-6H,1-4H3. The van der Waals surface area contributed by atoms with E-state index in [0.29, 0.717) is 22.3 Å². The number of carbonyl (C=O) groups is 2. The Hall–Kier alpha value is -2.27. The molecule has 0 spiro atoms. The SMILES string of the molecule is CC(C)S(=O)(=O)C(C)C.O=C1c2ccccc2C(=O)c2ccccc21. The maximum Gasteiger partial charge on any atom is 0.194 e. The van der Waals surface area contributed by atoms with E-state index in [1.54, 1.807) is 76.2 Å². The van der Waals surface area contributed by atoms with Crippen LogP contribution < -0.4 is 0 Å². The number of hydrogen-bond donors (Lipinski definition) is 0. The molecule has 0 aromatic heterocycles. The molecule has 0 atom stereocenters. The molecule has 0 radical (unpaired) electrons. The molecule has 0 amide bonds. The zero-order chi connectivity index (χ0) is 18.8. The first-order chi connectivity index (χ1) is 11.7. The maximum atomic E-state index is 12.1. The van der Waals surface area contributed by atoms with E-state index in [0.717, 1.165) is 0 Å². The first kappa shape index (κ1) is 19.1. The second-order valence-corrected chi connectivity index (χ2v) is 9.50. The summed E-state index contributed by atoms with van der Waals surface area (Å²) >= 11 is 0. The van der Waals surface area contributed by atoms with Crippen LogP contribution in [-0.2, 0) is 9.84 Å². The molecule has 3 rings (SSSR count). The van der Waals surface area contributed by atoms with Crippen LogP contribution in [0.2, 0.25) is 0 Å². The number of fused-ring (bicyclic) bond motifs is 2. The Balaban J connectivity index is 0.000000217. The second-order valence-electron chi connectivity index (χ2n) is 6.44. The van der Waals surface area contributed by atoms with Crippen molar-refractivity contribution in [3.63, 3.8) is 0 Å². The third-order valence-electron chi connectivity index (χ3n) is 4.15. The lowest BCUT2D eigenvalue weighted by molar-refractivity contribution is 0.0979. The van der Waals surface area contributed by atoms with Crippen molar-refractivity contribution in [3.05, 3.63) is 70.8 Å². The molecule has 2 aromatic carbocycles. The number of sulfone groups is 1. The van der Waals surface area contributed by atoms with E-state index in [9.17, 15) is 18.0 Å². The van der Waals surface area contributed by atoms with Gasteiger partial charge in [0.15, 0.2) is 21.4 Å². The van der Waals surface area contributed by atoms with Crippen molar-refractivity contribution in [2.45, 2.75) is 38.2 Å². The quantitative estimate of drug-likeness (QED) is 0.701. The fourth-order valence-electron chi connectivity index (χ4n) is 2.59. The van der Waals surface area contributed by atoms with Gasteiger partial charge < -0.3 is 0 Å². The number of rotatable bonds is 2. The number of carbonyl (C=O) groups excluding carboxylic acids is 2. The monoisotopic (exact) mass is 358 g/mol. The molecular formula is C20H22O4S. The van der Waals surface area contributed by atoms with Gasteiger partial charge in [0.05, 0.1) is 10.5 Å². The Labute approximate surface area is 148 Å². The van der Waals surface area contributed by atoms with Crippen molar-refractivity contribution in [2.24, 2.45) is 0 Å². The van der Waals surface area contributed by atoms with Crippen LogP contribution >= 0.6 is 0 Å². The van der Waals surface area contributed by atoms with Crippen LogP contribution in [0, 0.1) is 0 Å². The van der Waals surface area contributed by atoms with Gasteiger partial charge in [-0.15, -0.1) is 0 Å². The van der Waals surface area contributed by atoms with Crippen molar-refractivity contribution in [1.29, 1.82) is 0 Å². The summed E-state index contributed by atoms with van der Waals surface area (Å²) in [5, 5.41) is -0.477. The Bertz CT molecular complexity index is 789. The van der Waals surface area contributed by atoms with E-state index in [1.807, 2.05) is 0 Å². The van der Waals surface area contributed by atoms with E-state index in [1.165, 1.54) is 0 Å². The van der Waals surface area contributed by atoms with Gasteiger partial charge >= 0.3 is 0 Å². The Morgan fingerprint density at radius 2 is 0.840 bits per heavy atom. The molecule has 5 heteroatoms. The van der Waals surface area contributed by atoms with Gasteiger partial charge in [-0.25, -0.2) is 8.42 Å². The molecule has 0 aliphatic heterocycles. The Morgan fingerprint density at radius 3 is 1.00 bits per heavy atom. The van der Waals surface area contributed by atoms with E-state index in [4.69, 9.17) is 0 Å². The highest BCUT2D eigenvalue weighted by Gasteiger charge is 2.28. The van der Waals surface area contributed by atoms with Crippen LogP contribution in [0.3, 0.4) is 0 Å². The summed E-state index contributed by atoms with van der Waals surface area (Å²) in [6.45, 7) is 6.81. The van der Waals surface area contributed by atoms with Crippen LogP contribution in [0.1, 0.15) is 59.5 Å². The minimum atomic E-state index is -2.81. The van der Waals surface area contributed by atoms with Crippen LogP contribution in [0.5, 0.6) is 0 Å². The lowest BCUT2D eigenvalue weighted by atomic mass is 9.84. The van der Waals surface area contributed by atoms with Crippen molar-refractivity contribution in [2.75, 3.05) is 0 Å². The zero-order valence-corrected chi connectivity index (χ0v) is 15.6. The molecule has 0 fully saturated rings. The van der Waals surface area contributed by atoms with Crippen LogP contribution in [-0.4, -0.2) is 30.5 Å². The van der Waals surface area contributed by atoms with Gasteiger partial charge in [0.1, 0.15) is 0 Å². The lowest BCUT2D eigenvalue weighted by Crippen LogP contribution is -2.23. The summed E-state index contributed by atoms with van der Waals surface area (Å²) in [7, 11) is -2.81. The van der Waals surface area contributed by atoms with Gasteiger partial charge in [-0.3, -0.25) is 9.59 Å². The van der Waals surface area contributed by atoms with Gasteiger partial charge in [0, 0.05) is 22.3 Å². The Kier molecular flexibility index (Phi) is 5.58. The number of ketones is 2. The minimum absolute atomic E-state index is 0.0641. The van der Waals surface area contributed by atoms with Crippen molar-refractivity contribution in [1.82, 2.24) is 0 Å². The van der Waals surface area contributed by atoms with E-state index in [2.05, 4.69) is 0 Å². The fourth-order valence-corrected chi connectivity index (χ4v) is 3.68. The predicted molar refractivity (Wildman–Crippen MR) is 98.9 cm³/mol. The minimum Gasteiger partial charge on any atom is -0.289 e. The van der Waals surface area contributed by atoms with Crippen LogP contribution in [0.4, 0.5) is 0 Å². The first-order valence-electron chi connectivity index (χ1n) is 8.18. The largest absolute Gasteiger partial charge is 0.289 e. The molecule has 1 aliphatic carbocycles. The zero-order valence-electron chi connectivity index (χ0n) is 14.8. The molecule has 0 bridgehead atoms. The van der Waals surface area contributed by atoms with E-state index >= 15 is 0 Å². The lowest BCUT2D eigenvalue weighted by Gasteiger charge is -2.16. The predicted octanol–water partition coefficient (Wildman–Crippen LogP) is 3.68. The van der Waals surface area contributed by atoms with Crippen molar-refractivity contribution >= 4 is 21.4 Å². The van der Waals surface area contributed by atoms with Crippen molar-refractivity contribution < 1.29 is 18.0 Å². The molecule has 25 heavy (non-hydrogen) atoms. The highest BCUT2D eigenvalue weighted by molar-refractivity contribution is 7.92. The third kappa shape index (κ3) is 3.71. The summed E-state index contributed by atoms with van der Waals surface area (Å²) in [6, 6.07) is 13.9. The molecule has 0 unspecified atom stereocenters. The van der Waals surface area contributed by atoms with Gasteiger partial charge in [-0.2, -0.15) is 0 Å². The second kappa shape index (κ2) is 7.31. The topological polar surface area (TPSA) is 68.3 Å². The molecule has 0 heterocycles.